The van der Waals surface area contributed by atoms with Crippen molar-refractivity contribution in [2.75, 3.05) is 13.2 Å². The first kappa shape index (κ1) is 30.1. The summed E-state index contributed by atoms with van der Waals surface area (Å²) in [4.78, 5) is 24.1. The highest BCUT2D eigenvalue weighted by atomic mass is 16.5. The van der Waals surface area contributed by atoms with Crippen LogP contribution in [0.25, 0.3) is 0 Å². The van der Waals surface area contributed by atoms with E-state index in [9.17, 15) is 9.59 Å². The molecule has 0 spiro atoms. The fraction of sp³-hybridized carbons (Fsp3) is 0.312. The molecule has 0 bridgehead atoms. The molecule has 0 saturated carbocycles. The Hall–Kier alpha value is -4.46. The van der Waals surface area contributed by atoms with Crippen molar-refractivity contribution < 1.29 is 19.1 Å². The molecule has 0 radical (unpaired) electrons. The summed E-state index contributed by atoms with van der Waals surface area (Å²) < 4.78 is 11.0. The Morgan fingerprint density at radius 3 is 1.23 bits per heavy atom. The molecule has 0 fully saturated rings. The molecule has 40 heavy (non-hydrogen) atoms. The Labute approximate surface area is 236 Å². The van der Waals surface area contributed by atoms with E-state index in [1.807, 2.05) is 72.8 Å². The molecule has 210 valence electrons. The predicted molar refractivity (Wildman–Crippen MR) is 159 cm³/mol. The fourth-order valence-electron chi connectivity index (χ4n) is 3.49. The number of rotatable bonds is 10. The lowest BCUT2D eigenvalue weighted by Gasteiger charge is -2.19. The summed E-state index contributed by atoms with van der Waals surface area (Å²) in [5.74, 6) is 0.529. The van der Waals surface area contributed by atoms with Gasteiger partial charge in [-0.1, -0.05) is 90.1 Å². The zero-order valence-corrected chi connectivity index (χ0v) is 24.0. The van der Waals surface area contributed by atoms with Crippen molar-refractivity contribution in [2.45, 2.75) is 52.4 Å². The van der Waals surface area contributed by atoms with Gasteiger partial charge in [0.05, 0.1) is 12.4 Å². The zero-order chi connectivity index (χ0) is 29.2. The molecule has 0 unspecified atom stereocenters. The third-order valence-corrected chi connectivity index (χ3v) is 5.92. The van der Waals surface area contributed by atoms with Gasteiger partial charge in [0, 0.05) is 0 Å². The van der Waals surface area contributed by atoms with Crippen molar-refractivity contribution in [3.63, 3.8) is 0 Å². The van der Waals surface area contributed by atoms with Crippen molar-refractivity contribution in [2.24, 2.45) is 10.2 Å². The Morgan fingerprint density at radius 2 is 0.925 bits per heavy atom. The highest BCUT2D eigenvalue weighted by Gasteiger charge is 2.14. The molecule has 0 aromatic heterocycles. The topological polar surface area (TPSA) is 101 Å². The first-order valence-electron chi connectivity index (χ1n) is 13.1. The number of nitrogens with zero attached hydrogens (tertiary/aromatic N) is 2. The summed E-state index contributed by atoms with van der Waals surface area (Å²) >= 11 is 0. The maximum absolute atomic E-state index is 12.0. The van der Waals surface area contributed by atoms with Crippen LogP contribution in [-0.2, 0) is 20.4 Å². The number of carbonyl (C=O) groups excluding carboxylic acids is 2. The van der Waals surface area contributed by atoms with Crippen LogP contribution in [0.3, 0.4) is 0 Å². The first-order valence-corrected chi connectivity index (χ1v) is 13.1. The summed E-state index contributed by atoms with van der Waals surface area (Å²) in [6.45, 7) is 12.6. The molecular formula is C32H38N4O4. The van der Waals surface area contributed by atoms with E-state index >= 15 is 0 Å². The van der Waals surface area contributed by atoms with Gasteiger partial charge in [-0.15, -0.1) is 0 Å². The van der Waals surface area contributed by atoms with E-state index in [4.69, 9.17) is 9.47 Å². The number of hydrazone groups is 2. The molecule has 8 heteroatoms. The average Bonchev–Trinajstić information content (AvgIpc) is 2.91. The van der Waals surface area contributed by atoms with E-state index in [0.29, 0.717) is 11.5 Å². The summed E-state index contributed by atoms with van der Waals surface area (Å²) in [7, 11) is 0. The van der Waals surface area contributed by atoms with E-state index in [0.717, 1.165) is 11.1 Å². The zero-order valence-electron chi connectivity index (χ0n) is 24.0. The number of benzene rings is 3. The number of nitrogens with one attached hydrogen (secondary N) is 2. The van der Waals surface area contributed by atoms with Gasteiger partial charge in [-0.3, -0.25) is 9.59 Å². The first-order chi connectivity index (χ1) is 18.9. The smallest absolute Gasteiger partial charge is 0.277 e. The lowest BCUT2D eigenvalue weighted by atomic mass is 9.87. The maximum atomic E-state index is 12.0. The third kappa shape index (κ3) is 10.0. The number of amides is 2. The van der Waals surface area contributed by atoms with Crippen LogP contribution in [0, 0.1) is 0 Å². The Bertz CT molecular complexity index is 1210. The van der Waals surface area contributed by atoms with Crippen molar-refractivity contribution in [3.05, 3.63) is 95.1 Å². The van der Waals surface area contributed by atoms with Crippen LogP contribution in [0.1, 0.15) is 63.8 Å². The summed E-state index contributed by atoms with van der Waals surface area (Å²) in [6.07, 6.45) is 3.06. The van der Waals surface area contributed by atoms with Gasteiger partial charge >= 0.3 is 0 Å². The molecule has 0 heterocycles. The van der Waals surface area contributed by atoms with Crippen LogP contribution in [0.15, 0.2) is 83.0 Å². The van der Waals surface area contributed by atoms with Gasteiger partial charge in [0.15, 0.2) is 13.2 Å². The van der Waals surface area contributed by atoms with Crippen molar-refractivity contribution in [3.8, 4) is 11.5 Å². The van der Waals surface area contributed by atoms with Gasteiger partial charge < -0.3 is 9.47 Å². The fourth-order valence-corrected chi connectivity index (χ4v) is 3.49. The molecule has 0 aliphatic rings. The van der Waals surface area contributed by atoms with E-state index in [2.05, 4.69) is 62.6 Å². The Morgan fingerprint density at radius 1 is 0.600 bits per heavy atom. The van der Waals surface area contributed by atoms with E-state index in [1.165, 1.54) is 23.6 Å². The van der Waals surface area contributed by atoms with E-state index in [1.54, 1.807) is 0 Å². The SMILES string of the molecule is CC(C)(C)c1ccc(OCC(=O)N/N=C\c2ccc(/C=N\NC(=O)COc3ccc(C(C)(C)C)cc3)cc2)cc1. The number of hydrogen-bond acceptors (Lipinski definition) is 6. The summed E-state index contributed by atoms with van der Waals surface area (Å²) in [6, 6.07) is 22.7. The maximum Gasteiger partial charge on any atom is 0.277 e. The summed E-state index contributed by atoms with van der Waals surface area (Å²) in [5, 5.41) is 7.94. The second-order valence-corrected chi connectivity index (χ2v) is 11.4. The molecule has 2 amide bonds. The van der Waals surface area contributed by atoms with Gasteiger partial charge in [0.1, 0.15) is 11.5 Å². The van der Waals surface area contributed by atoms with Crippen LogP contribution >= 0.6 is 0 Å². The molecule has 2 N–H and O–H groups in total. The Kier molecular flexibility index (Phi) is 10.2. The van der Waals surface area contributed by atoms with Gasteiger partial charge in [-0.2, -0.15) is 10.2 Å². The number of hydrogen-bond donors (Lipinski definition) is 2. The largest absolute Gasteiger partial charge is 0.484 e. The molecule has 3 aromatic rings. The van der Waals surface area contributed by atoms with Gasteiger partial charge in [-0.25, -0.2) is 10.9 Å². The third-order valence-electron chi connectivity index (χ3n) is 5.92. The van der Waals surface area contributed by atoms with Crippen molar-refractivity contribution >= 4 is 24.2 Å². The van der Waals surface area contributed by atoms with Crippen LogP contribution in [0.4, 0.5) is 0 Å². The van der Waals surface area contributed by atoms with Crippen molar-refractivity contribution in [1.82, 2.24) is 10.9 Å². The quantitative estimate of drug-likeness (QED) is 0.267. The van der Waals surface area contributed by atoms with Crippen LogP contribution < -0.4 is 20.3 Å². The normalized spacial score (nSPS) is 11.9. The predicted octanol–water partition coefficient (Wildman–Crippen LogP) is 5.34. The molecule has 3 rings (SSSR count). The molecule has 0 atom stereocenters. The minimum atomic E-state index is -0.360. The van der Waals surface area contributed by atoms with E-state index in [-0.39, 0.29) is 35.9 Å². The summed E-state index contributed by atoms with van der Waals surface area (Å²) in [5.41, 5.74) is 8.97. The molecular weight excluding hydrogens is 504 g/mol. The van der Waals surface area contributed by atoms with Gasteiger partial charge in [-0.05, 0) is 57.3 Å². The van der Waals surface area contributed by atoms with Crippen LogP contribution in [0.2, 0.25) is 0 Å². The van der Waals surface area contributed by atoms with Gasteiger partial charge in [0.2, 0.25) is 0 Å². The van der Waals surface area contributed by atoms with E-state index < -0.39 is 0 Å². The number of carbonyl (C=O) groups is 2. The molecule has 8 nitrogen and oxygen atoms in total. The lowest BCUT2D eigenvalue weighted by molar-refractivity contribution is -0.123. The second kappa shape index (κ2) is 13.6. The van der Waals surface area contributed by atoms with Gasteiger partial charge in [0.25, 0.3) is 11.8 Å². The van der Waals surface area contributed by atoms with Crippen molar-refractivity contribution in [1.29, 1.82) is 0 Å². The number of ether oxygens (including phenoxy) is 2. The molecule has 0 saturated heterocycles. The lowest BCUT2D eigenvalue weighted by Crippen LogP contribution is -2.24. The minimum Gasteiger partial charge on any atom is -0.484 e. The standard InChI is InChI=1S/C32H38N4O4/c1-31(2,3)25-11-15-27(16-12-25)39-21-29(37)35-33-19-23-7-9-24(10-8-23)20-34-36-30(38)22-40-28-17-13-26(14-18-28)32(4,5)6/h7-20H,21-22H2,1-6H3,(H,35,37)(H,36,38)/b33-19-,34-20-. The minimum absolute atomic E-state index is 0.0566. The molecule has 0 aliphatic heterocycles. The molecule has 3 aromatic carbocycles. The van der Waals surface area contributed by atoms with Crippen LogP contribution in [0.5, 0.6) is 11.5 Å². The monoisotopic (exact) mass is 542 g/mol. The highest BCUT2D eigenvalue weighted by Crippen LogP contribution is 2.25. The van der Waals surface area contributed by atoms with Crippen LogP contribution in [-0.4, -0.2) is 37.5 Å². The second-order valence-electron chi connectivity index (χ2n) is 11.4. The Balaban J connectivity index is 1.36. The average molecular weight is 543 g/mol. The molecule has 0 aliphatic carbocycles. The highest BCUT2D eigenvalue weighted by molar-refractivity contribution is 5.86.